The summed E-state index contributed by atoms with van der Waals surface area (Å²) in [6.45, 7) is 11.9. The standard InChI is InChI=1S/C33H38N4O5S/c1-32(2)23-15-19(16-29(38)35-12-11-34)5-7-25(23)36-13-9-27-21(30(32)36)18-22-28(40-27)10-14-37-26-8-6-20(43-42-41-39)17-24(26)33(3,4)31(22)37/h5-8,15,17-18,27-28H,9-14,16,34H2,1-4H3,(H-,35,38,39)/p+1. The summed E-state index contributed by atoms with van der Waals surface area (Å²) in [5, 5.41) is 15.4. The molecule has 0 spiro atoms. The van der Waals surface area contributed by atoms with Crippen LogP contribution in [0.15, 0.2) is 64.2 Å². The van der Waals surface area contributed by atoms with Crippen LogP contribution in [0.1, 0.15) is 57.2 Å². The van der Waals surface area contributed by atoms with Gasteiger partial charge in [0.1, 0.15) is 0 Å². The van der Waals surface area contributed by atoms with Gasteiger partial charge in [-0.25, -0.2) is 5.26 Å². The van der Waals surface area contributed by atoms with E-state index in [-0.39, 0.29) is 28.9 Å². The number of ether oxygens (including phenoxy) is 1. The van der Waals surface area contributed by atoms with Crippen molar-refractivity contribution in [1.82, 2.24) is 5.32 Å². The van der Waals surface area contributed by atoms with E-state index >= 15 is 0 Å². The first-order valence-electron chi connectivity index (χ1n) is 15.1. The molecule has 0 fully saturated rings. The fourth-order valence-corrected chi connectivity index (χ4v) is 8.39. The number of carbonyl (C=O) groups is 1. The Morgan fingerprint density at radius 1 is 1.14 bits per heavy atom. The van der Waals surface area contributed by atoms with Gasteiger partial charge in [-0.1, -0.05) is 25.0 Å². The van der Waals surface area contributed by atoms with Crippen molar-refractivity contribution in [2.24, 2.45) is 5.73 Å². The Labute approximate surface area is 256 Å². The van der Waals surface area contributed by atoms with Crippen LogP contribution in [0.3, 0.4) is 0 Å². The zero-order chi connectivity index (χ0) is 30.1. The summed E-state index contributed by atoms with van der Waals surface area (Å²) < 4.78 is 14.2. The number of carbonyl (C=O) groups excluding carboxylic acids is 1. The Balaban J connectivity index is 1.28. The number of nitrogens with one attached hydrogen (secondary N) is 1. The second-order valence-electron chi connectivity index (χ2n) is 13.1. The molecule has 0 bridgehead atoms. The van der Waals surface area contributed by atoms with Crippen LogP contribution in [-0.4, -0.2) is 59.8 Å². The molecule has 9 nitrogen and oxygen atoms in total. The van der Waals surface area contributed by atoms with Crippen LogP contribution in [0.25, 0.3) is 0 Å². The number of hydrogen-bond donors (Lipinski definition) is 3. The van der Waals surface area contributed by atoms with Gasteiger partial charge < -0.3 is 20.7 Å². The fraction of sp³-hybridized carbons (Fsp3) is 0.455. The summed E-state index contributed by atoms with van der Waals surface area (Å²) in [5.41, 5.74) is 16.1. The highest BCUT2D eigenvalue weighted by molar-refractivity contribution is 7.94. The monoisotopic (exact) mass is 603 g/mol. The topological polar surface area (TPSA) is 109 Å². The van der Waals surface area contributed by atoms with Crippen molar-refractivity contribution in [1.29, 1.82) is 0 Å². The number of anilines is 1. The normalized spacial score (nSPS) is 24.0. The predicted octanol–water partition coefficient (Wildman–Crippen LogP) is 4.66. The molecule has 0 radical (unpaired) electrons. The first-order valence-corrected chi connectivity index (χ1v) is 15.8. The summed E-state index contributed by atoms with van der Waals surface area (Å²) in [7, 11) is 0. The summed E-state index contributed by atoms with van der Waals surface area (Å²) in [5.74, 6) is -0.00324. The van der Waals surface area contributed by atoms with E-state index in [0.717, 1.165) is 48.4 Å². The zero-order valence-electron chi connectivity index (χ0n) is 25.1. The van der Waals surface area contributed by atoms with Crippen molar-refractivity contribution in [3.05, 3.63) is 76.0 Å². The van der Waals surface area contributed by atoms with Gasteiger partial charge in [-0.2, -0.15) is 4.58 Å². The summed E-state index contributed by atoms with van der Waals surface area (Å²) in [4.78, 5) is 15.8. The number of fused-ring (bicyclic) bond motifs is 8. The molecule has 10 heteroatoms. The Kier molecular flexibility index (Phi) is 7.07. The number of nitrogens with zero attached hydrogens (tertiary/aromatic N) is 2. The molecule has 2 aromatic rings. The van der Waals surface area contributed by atoms with Gasteiger partial charge in [0.05, 0.1) is 36.1 Å². The van der Waals surface area contributed by atoms with Crippen LogP contribution in [0.2, 0.25) is 0 Å². The van der Waals surface area contributed by atoms with E-state index in [4.69, 9.17) is 20.1 Å². The quantitative estimate of drug-likeness (QED) is 0.182. The van der Waals surface area contributed by atoms with E-state index < -0.39 is 0 Å². The van der Waals surface area contributed by atoms with Gasteiger partial charge in [0.25, 0.3) is 0 Å². The molecular formula is C33H39N4O5S+. The minimum atomic E-state index is -0.250. The number of allylic oxidation sites excluding steroid dienone is 1. The molecule has 43 heavy (non-hydrogen) atoms. The molecule has 0 aromatic heterocycles. The van der Waals surface area contributed by atoms with Crippen LogP contribution in [0.4, 0.5) is 11.4 Å². The van der Waals surface area contributed by atoms with Gasteiger partial charge in [-0.15, -0.1) is 4.33 Å². The molecule has 5 aliphatic heterocycles. The van der Waals surface area contributed by atoms with Gasteiger partial charge in [0.15, 0.2) is 12.3 Å². The lowest BCUT2D eigenvalue weighted by Gasteiger charge is -2.42. The van der Waals surface area contributed by atoms with Crippen molar-refractivity contribution < 1.29 is 28.7 Å². The minimum absolute atomic E-state index is 0.00324. The number of benzene rings is 2. The highest BCUT2D eigenvalue weighted by Crippen LogP contribution is 2.54. The fourth-order valence-electron chi connectivity index (χ4n) is 7.99. The van der Waals surface area contributed by atoms with Gasteiger partial charge >= 0.3 is 0 Å². The molecule has 0 saturated heterocycles. The highest BCUT2D eigenvalue weighted by atomic mass is 32.2. The van der Waals surface area contributed by atoms with Crippen molar-refractivity contribution >= 4 is 35.0 Å². The van der Waals surface area contributed by atoms with E-state index in [2.05, 4.69) is 83.9 Å². The van der Waals surface area contributed by atoms with Crippen LogP contribution in [0.5, 0.6) is 0 Å². The van der Waals surface area contributed by atoms with Crippen LogP contribution >= 0.6 is 12.0 Å². The average molecular weight is 604 g/mol. The largest absolute Gasteiger partial charge is 0.365 e. The predicted molar refractivity (Wildman–Crippen MR) is 166 cm³/mol. The minimum Gasteiger partial charge on any atom is -0.365 e. The van der Waals surface area contributed by atoms with E-state index in [1.807, 2.05) is 6.07 Å². The lowest BCUT2D eigenvalue weighted by Crippen LogP contribution is -2.47. The van der Waals surface area contributed by atoms with Crippen molar-refractivity contribution in [3.8, 4) is 0 Å². The second kappa shape index (κ2) is 10.6. The summed E-state index contributed by atoms with van der Waals surface area (Å²) in [6, 6.07) is 12.7. The molecule has 1 amide bonds. The third-order valence-electron chi connectivity index (χ3n) is 9.78. The summed E-state index contributed by atoms with van der Waals surface area (Å²) >= 11 is 0.990. The molecule has 0 aliphatic carbocycles. The molecule has 5 aliphatic rings. The van der Waals surface area contributed by atoms with Crippen molar-refractivity contribution in [3.63, 3.8) is 0 Å². The smallest absolute Gasteiger partial charge is 0.224 e. The molecule has 2 aromatic carbocycles. The maximum absolute atomic E-state index is 12.5. The lowest BCUT2D eigenvalue weighted by atomic mass is 9.73. The maximum Gasteiger partial charge on any atom is 0.224 e. The third kappa shape index (κ3) is 4.50. The number of nitrogens with two attached hydrogens (primary N) is 1. The van der Waals surface area contributed by atoms with Crippen LogP contribution < -0.4 is 16.0 Å². The number of rotatable bonds is 7. The van der Waals surface area contributed by atoms with E-state index in [1.165, 1.54) is 45.1 Å². The Bertz CT molecular complexity index is 1610. The molecule has 7 rings (SSSR count). The van der Waals surface area contributed by atoms with Crippen LogP contribution in [0, 0.1) is 0 Å². The molecular weight excluding hydrogens is 564 g/mol. The molecule has 5 heterocycles. The molecule has 0 saturated carbocycles. The first-order chi connectivity index (χ1) is 20.6. The Morgan fingerprint density at radius 2 is 1.98 bits per heavy atom. The maximum atomic E-state index is 12.5. The van der Waals surface area contributed by atoms with Gasteiger partial charge in [-0.05, 0) is 61.7 Å². The van der Waals surface area contributed by atoms with Gasteiger partial charge in [0.2, 0.25) is 11.6 Å². The number of amides is 1. The third-order valence-corrected chi connectivity index (χ3v) is 10.4. The van der Waals surface area contributed by atoms with Crippen molar-refractivity contribution in [2.45, 2.75) is 74.9 Å². The van der Waals surface area contributed by atoms with Gasteiger partial charge in [0, 0.05) is 70.5 Å². The number of hydrogen-bond acceptors (Lipinski definition) is 8. The Hall–Kier alpha value is -2.99. The van der Waals surface area contributed by atoms with Crippen molar-refractivity contribution in [2.75, 3.05) is 31.1 Å². The van der Waals surface area contributed by atoms with Gasteiger partial charge in [-0.3, -0.25) is 4.79 Å². The molecule has 4 N–H and O–H groups in total. The van der Waals surface area contributed by atoms with E-state index in [0.29, 0.717) is 19.5 Å². The summed E-state index contributed by atoms with van der Waals surface area (Å²) in [6.07, 6.45) is 4.79. The highest BCUT2D eigenvalue weighted by Gasteiger charge is 2.54. The zero-order valence-corrected chi connectivity index (χ0v) is 25.9. The molecule has 2 unspecified atom stereocenters. The first kappa shape index (κ1) is 28.8. The molecule has 226 valence electrons. The molecule has 2 atom stereocenters. The SMILES string of the molecule is CC1(C)C2=C3C=C4C5=[N+](CCC4OC3CCN2c2ccc(SOOO)cc21)c1ccc(CC(=O)NCCN)cc1C5(C)C. The lowest BCUT2D eigenvalue weighted by molar-refractivity contribution is -0.445. The average Bonchev–Trinajstić information content (AvgIpc) is 3.37. The second-order valence-corrected chi connectivity index (χ2v) is 13.8. The van der Waals surface area contributed by atoms with E-state index in [1.54, 1.807) is 0 Å². The van der Waals surface area contributed by atoms with Crippen LogP contribution in [-0.2, 0) is 36.2 Å². The van der Waals surface area contributed by atoms with E-state index in [9.17, 15) is 4.79 Å². The Morgan fingerprint density at radius 3 is 2.77 bits per heavy atom.